The smallest absolute Gasteiger partial charge is 0.124 e. The van der Waals surface area contributed by atoms with Gasteiger partial charge in [-0.15, -0.1) is 0 Å². The first-order valence-electron chi connectivity index (χ1n) is 5.64. The number of hydrogen-bond donors (Lipinski definition) is 2. The molecule has 3 nitrogen and oxygen atoms in total. The Morgan fingerprint density at radius 3 is 2.53 bits per heavy atom. The van der Waals surface area contributed by atoms with Crippen LogP contribution in [-0.4, -0.2) is 18.3 Å². The summed E-state index contributed by atoms with van der Waals surface area (Å²) in [4.78, 5) is 0. The number of benzene rings is 2. The van der Waals surface area contributed by atoms with Crippen molar-refractivity contribution in [1.82, 2.24) is 0 Å². The average molecular weight is 231 g/mol. The molecule has 2 aromatic carbocycles. The van der Waals surface area contributed by atoms with E-state index in [4.69, 9.17) is 10.5 Å². The van der Waals surface area contributed by atoms with Crippen molar-refractivity contribution in [2.24, 2.45) is 5.73 Å². The Labute approximate surface area is 101 Å². The van der Waals surface area contributed by atoms with Crippen LogP contribution in [0, 0.1) is 0 Å². The highest BCUT2D eigenvalue weighted by atomic mass is 16.5. The largest absolute Gasteiger partial charge is 0.496 e. The van der Waals surface area contributed by atoms with E-state index in [1.807, 2.05) is 36.4 Å². The minimum absolute atomic E-state index is 0.448. The van der Waals surface area contributed by atoms with Gasteiger partial charge in [-0.2, -0.15) is 0 Å². The highest BCUT2D eigenvalue weighted by Gasteiger charge is 2.19. The van der Waals surface area contributed by atoms with E-state index in [1.165, 1.54) is 0 Å². The molecular formula is C14H17NO2. The van der Waals surface area contributed by atoms with Crippen molar-refractivity contribution in [3.05, 3.63) is 42.0 Å². The maximum atomic E-state index is 9.67. The number of aliphatic hydroxyl groups excluding tert-OH is 1. The monoisotopic (exact) mass is 231 g/mol. The van der Waals surface area contributed by atoms with Crippen LogP contribution < -0.4 is 10.5 Å². The Bertz CT molecular complexity index is 523. The highest BCUT2D eigenvalue weighted by molar-refractivity contribution is 5.88. The standard InChI is InChI=1S/C14H17NO2/c1-9(16)14(15)13-11-6-4-3-5-10(11)7-8-12(13)17-2/h3-9,14,16H,15H2,1-2H3/t9-,14-/m0/s1. The molecule has 0 aliphatic heterocycles. The molecule has 0 radical (unpaired) electrons. The molecule has 3 N–H and O–H groups in total. The van der Waals surface area contributed by atoms with Crippen molar-refractivity contribution in [2.45, 2.75) is 19.1 Å². The predicted molar refractivity (Wildman–Crippen MR) is 69.1 cm³/mol. The molecule has 17 heavy (non-hydrogen) atoms. The first-order chi connectivity index (χ1) is 8.15. The third-order valence-electron chi connectivity index (χ3n) is 3.00. The topological polar surface area (TPSA) is 55.5 Å². The molecule has 0 unspecified atom stereocenters. The molecule has 0 bridgehead atoms. The third kappa shape index (κ3) is 2.12. The van der Waals surface area contributed by atoms with Gasteiger partial charge in [0.25, 0.3) is 0 Å². The summed E-state index contributed by atoms with van der Waals surface area (Å²) in [5.74, 6) is 0.720. The lowest BCUT2D eigenvalue weighted by Crippen LogP contribution is -2.24. The number of rotatable bonds is 3. The first kappa shape index (κ1) is 11.9. The number of ether oxygens (including phenoxy) is 1. The predicted octanol–water partition coefficient (Wildman–Crippen LogP) is 2.23. The fraction of sp³-hybridized carbons (Fsp3) is 0.286. The molecule has 2 atom stereocenters. The van der Waals surface area contributed by atoms with Crippen LogP contribution in [0.5, 0.6) is 5.75 Å². The van der Waals surface area contributed by atoms with Gasteiger partial charge in [-0.25, -0.2) is 0 Å². The molecule has 2 rings (SSSR count). The van der Waals surface area contributed by atoms with Crippen LogP contribution in [0.4, 0.5) is 0 Å². The lowest BCUT2D eigenvalue weighted by atomic mass is 9.95. The Morgan fingerprint density at radius 1 is 1.18 bits per heavy atom. The second-order valence-electron chi connectivity index (χ2n) is 4.17. The summed E-state index contributed by atoms with van der Waals surface area (Å²) in [5, 5.41) is 11.8. The van der Waals surface area contributed by atoms with Crippen molar-refractivity contribution in [3.63, 3.8) is 0 Å². The van der Waals surface area contributed by atoms with Gasteiger partial charge in [-0.1, -0.05) is 30.3 Å². The molecule has 0 saturated carbocycles. The zero-order valence-corrected chi connectivity index (χ0v) is 10.1. The van der Waals surface area contributed by atoms with Crippen molar-refractivity contribution in [2.75, 3.05) is 7.11 Å². The number of hydrogen-bond acceptors (Lipinski definition) is 3. The number of aliphatic hydroxyl groups is 1. The molecule has 0 spiro atoms. The normalized spacial score (nSPS) is 14.6. The van der Waals surface area contributed by atoms with E-state index < -0.39 is 12.1 Å². The summed E-state index contributed by atoms with van der Waals surface area (Å²) in [6, 6.07) is 11.4. The Balaban J connectivity index is 2.71. The summed E-state index contributed by atoms with van der Waals surface area (Å²) in [6.07, 6.45) is -0.616. The van der Waals surface area contributed by atoms with Crippen molar-refractivity contribution < 1.29 is 9.84 Å². The second-order valence-corrected chi connectivity index (χ2v) is 4.17. The molecule has 3 heteroatoms. The minimum Gasteiger partial charge on any atom is -0.496 e. The van der Waals surface area contributed by atoms with Gasteiger partial charge in [-0.3, -0.25) is 0 Å². The fourth-order valence-electron chi connectivity index (χ4n) is 2.04. The fourth-order valence-corrected chi connectivity index (χ4v) is 2.04. The summed E-state index contributed by atoms with van der Waals surface area (Å²) in [7, 11) is 1.61. The average Bonchev–Trinajstić information content (AvgIpc) is 2.36. The maximum absolute atomic E-state index is 9.67. The maximum Gasteiger partial charge on any atom is 0.124 e. The first-order valence-corrected chi connectivity index (χ1v) is 5.64. The number of methoxy groups -OCH3 is 1. The minimum atomic E-state index is -0.616. The van der Waals surface area contributed by atoms with Gasteiger partial charge in [-0.05, 0) is 23.8 Å². The third-order valence-corrected chi connectivity index (χ3v) is 3.00. The van der Waals surface area contributed by atoms with Gasteiger partial charge in [0.2, 0.25) is 0 Å². The van der Waals surface area contributed by atoms with E-state index in [0.29, 0.717) is 0 Å². The molecule has 0 aliphatic rings. The van der Waals surface area contributed by atoms with E-state index in [0.717, 1.165) is 22.1 Å². The van der Waals surface area contributed by atoms with Crippen LogP contribution in [-0.2, 0) is 0 Å². The molecule has 0 heterocycles. The van der Waals surface area contributed by atoms with Crippen molar-refractivity contribution in [1.29, 1.82) is 0 Å². The molecule has 90 valence electrons. The zero-order chi connectivity index (χ0) is 12.4. The molecule has 2 aromatic rings. The molecule has 0 saturated heterocycles. The van der Waals surface area contributed by atoms with E-state index in [2.05, 4.69) is 0 Å². The van der Waals surface area contributed by atoms with Crippen LogP contribution >= 0.6 is 0 Å². The lowest BCUT2D eigenvalue weighted by molar-refractivity contribution is 0.163. The number of nitrogens with two attached hydrogens (primary N) is 1. The van der Waals surface area contributed by atoms with E-state index in [9.17, 15) is 5.11 Å². The van der Waals surface area contributed by atoms with Crippen LogP contribution in [0.3, 0.4) is 0 Å². The summed E-state index contributed by atoms with van der Waals surface area (Å²) >= 11 is 0. The zero-order valence-electron chi connectivity index (χ0n) is 10.1. The lowest BCUT2D eigenvalue weighted by Gasteiger charge is -2.20. The van der Waals surface area contributed by atoms with Crippen LogP contribution in [0.2, 0.25) is 0 Å². The van der Waals surface area contributed by atoms with Gasteiger partial charge in [0.15, 0.2) is 0 Å². The summed E-state index contributed by atoms with van der Waals surface area (Å²) in [5.41, 5.74) is 6.91. The molecule has 0 amide bonds. The summed E-state index contributed by atoms with van der Waals surface area (Å²) < 4.78 is 5.33. The van der Waals surface area contributed by atoms with Crippen LogP contribution in [0.25, 0.3) is 10.8 Å². The van der Waals surface area contributed by atoms with Crippen molar-refractivity contribution >= 4 is 10.8 Å². The van der Waals surface area contributed by atoms with E-state index in [-0.39, 0.29) is 0 Å². The van der Waals surface area contributed by atoms with E-state index >= 15 is 0 Å². The Morgan fingerprint density at radius 2 is 1.88 bits per heavy atom. The van der Waals surface area contributed by atoms with Crippen LogP contribution in [0.15, 0.2) is 36.4 Å². The van der Waals surface area contributed by atoms with Crippen LogP contribution in [0.1, 0.15) is 18.5 Å². The summed E-state index contributed by atoms with van der Waals surface area (Å²) in [6.45, 7) is 1.69. The number of fused-ring (bicyclic) bond motifs is 1. The second kappa shape index (κ2) is 4.73. The highest BCUT2D eigenvalue weighted by Crippen LogP contribution is 2.33. The molecule has 0 fully saturated rings. The van der Waals surface area contributed by atoms with Crippen molar-refractivity contribution in [3.8, 4) is 5.75 Å². The van der Waals surface area contributed by atoms with Gasteiger partial charge >= 0.3 is 0 Å². The Hall–Kier alpha value is -1.58. The van der Waals surface area contributed by atoms with Gasteiger partial charge in [0.1, 0.15) is 5.75 Å². The van der Waals surface area contributed by atoms with E-state index in [1.54, 1.807) is 14.0 Å². The molecule has 0 aromatic heterocycles. The molecule has 0 aliphatic carbocycles. The van der Waals surface area contributed by atoms with Gasteiger partial charge < -0.3 is 15.6 Å². The molecular weight excluding hydrogens is 214 g/mol. The van der Waals surface area contributed by atoms with Gasteiger partial charge in [0.05, 0.1) is 19.3 Å². The SMILES string of the molecule is COc1ccc2ccccc2c1[C@@H](N)[C@H](C)O. The van der Waals surface area contributed by atoms with Gasteiger partial charge in [0, 0.05) is 5.56 Å². The quantitative estimate of drug-likeness (QED) is 0.851. The Kier molecular flexibility index (Phi) is 3.31.